The SMILES string of the molecule is CC/C=C\C/C=C\C/C=C\C/C=C\C/C=C\CCCCCC(=O)OC(COC(=O)CCCCCCCCCCCCCCCCCCCCCCCCC)COP(=O)(O)OCC[N+](C)(C)C. The van der Waals surface area contributed by atoms with Crippen LogP contribution in [-0.4, -0.2) is 74.9 Å². The largest absolute Gasteiger partial charge is 0.472 e. The van der Waals surface area contributed by atoms with Gasteiger partial charge < -0.3 is 18.9 Å². The standard InChI is InChI=1S/C56H102NO8P/c1-6-8-10-12-14-16-18-20-22-24-26-27-28-29-31-32-34-36-38-40-42-44-46-48-55(58)62-52-54(53-64-66(60,61)63-51-50-57(3,4)5)65-56(59)49-47-45-43-41-39-37-35-33-30-25-23-21-19-17-15-13-11-9-7-2/h9,11,15,17,21,23,30,33,37,39,54H,6-8,10,12-14,16,18-20,22,24-29,31-32,34-36,38,40-53H2,1-5H3/p+1/b11-9-,17-15-,23-21-,33-30-,39-37-. The molecule has 384 valence electrons. The summed E-state index contributed by atoms with van der Waals surface area (Å²) in [6.45, 7) is 4.30. The van der Waals surface area contributed by atoms with Gasteiger partial charge in [0.25, 0.3) is 0 Å². The molecular weight excluding hydrogens is 846 g/mol. The normalized spacial score (nSPS) is 13.8. The summed E-state index contributed by atoms with van der Waals surface area (Å²) in [7, 11) is 1.45. The minimum Gasteiger partial charge on any atom is -0.462 e. The number of esters is 2. The third kappa shape index (κ3) is 51.1. The number of carbonyl (C=O) groups is 2. The second kappa shape index (κ2) is 47.8. The molecule has 0 aliphatic heterocycles. The zero-order valence-electron chi connectivity index (χ0n) is 43.4. The smallest absolute Gasteiger partial charge is 0.462 e. The van der Waals surface area contributed by atoms with Crippen molar-refractivity contribution in [2.24, 2.45) is 0 Å². The number of unbranched alkanes of at least 4 members (excludes halogenated alkanes) is 25. The number of rotatable bonds is 49. The molecule has 2 unspecified atom stereocenters. The molecule has 66 heavy (non-hydrogen) atoms. The molecule has 0 spiro atoms. The predicted molar refractivity (Wildman–Crippen MR) is 279 cm³/mol. The van der Waals surface area contributed by atoms with Gasteiger partial charge in [-0.3, -0.25) is 18.6 Å². The van der Waals surface area contributed by atoms with Crippen molar-refractivity contribution in [2.45, 2.75) is 238 Å². The van der Waals surface area contributed by atoms with Gasteiger partial charge in [-0.15, -0.1) is 0 Å². The topological polar surface area (TPSA) is 108 Å². The first kappa shape index (κ1) is 63.7. The first-order chi connectivity index (χ1) is 32.0. The molecule has 0 radical (unpaired) electrons. The molecule has 0 aromatic heterocycles. The molecule has 0 bridgehead atoms. The van der Waals surface area contributed by atoms with Crippen LogP contribution < -0.4 is 0 Å². The van der Waals surface area contributed by atoms with Gasteiger partial charge in [0.15, 0.2) is 6.10 Å². The quantitative estimate of drug-likeness (QED) is 0.0211. The van der Waals surface area contributed by atoms with Crippen molar-refractivity contribution in [1.82, 2.24) is 0 Å². The fourth-order valence-electron chi connectivity index (χ4n) is 7.40. The lowest BCUT2D eigenvalue weighted by molar-refractivity contribution is -0.870. The van der Waals surface area contributed by atoms with Crippen LogP contribution in [-0.2, 0) is 32.7 Å². The van der Waals surface area contributed by atoms with Crippen molar-refractivity contribution in [2.75, 3.05) is 47.5 Å². The van der Waals surface area contributed by atoms with Gasteiger partial charge in [-0.05, 0) is 57.8 Å². The van der Waals surface area contributed by atoms with Crippen LogP contribution >= 0.6 is 7.82 Å². The first-order valence-electron chi connectivity index (χ1n) is 27.0. The maximum atomic E-state index is 12.8. The van der Waals surface area contributed by atoms with Crippen LogP contribution in [0.15, 0.2) is 60.8 Å². The average molecular weight is 949 g/mol. The van der Waals surface area contributed by atoms with Crippen molar-refractivity contribution < 1.29 is 42.1 Å². The lowest BCUT2D eigenvalue weighted by Crippen LogP contribution is -2.37. The number of carbonyl (C=O) groups excluding carboxylic acids is 2. The van der Waals surface area contributed by atoms with Gasteiger partial charge in [-0.25, -0.2) is 4.57 Å². The van der Waals surface area contributed by atoms with Crippen molar-refractivity contribution in [1.29, 1.82) is 0 Å². The molecule has 0 fully saturated rings. The number of hydrogen-bond acceptors (Lipinski definition) is 7. The summed E-state index contributed by atoms with van der Waals surface area (Å²) >= 11 is 0. The van der Waals surface area contributed by atoms with Gasteiger partial charge in [-0.2, -0.15) is 0 Å². The molecule has 0 saturated carbocycles. The average Bonchev–Trinajstić information content (AvgIpc) is 3.27. The fourth-order valence-corrected chi connectivity index (χ4v) is 8.14. The Labute approximate surface area is 406 Å². The zero-order chi connectivity index (χ0) is 48.5. The van der Waals surface area contributed by atoms with Gasteiger partial charge in [0, 0.05) is 12.8 Å². The van der Waals surface area contributed by atoms with E-state index in [0.29, 0.717) is 17.4 Å². The highest BCUT2D eigenvalue weighted by atomic mass is 31.2. The minimum atomic E-state index is -4.39. The van der Waals surface area contributed by atoms with Crippen molar-refractivity contribution in [3.63, 3.8) is 0 Å². The van der Waals surface area contributed by atoms with Crippen LogP contribution in [0.25, 0.3) is 0 Å². The van der Waals surface area contributed by atoms with Crippen LogP contribution in [0.2, 0.25) is 0 Å². The van der Waals surface area contributed by atoms with E-state index in [-0.39, 0.29) is 32.0 Å². The Morgan fingerprint density at radius 3 is 1.29 bits per heavy atom. The monoisotopic (exact) mass is 949 g/mol. The van der Waals surface area contributed by atoms with Crippen LogP contribution in [0, 0.1) is 0 Å². The maximum absolute atomic E-state index is 12.8. The van der Waals surface area contributed by atoms with Gasteiger partial charge in [0.1, 0.15) is 19.8 Å². The highest BCUT2D eigenvalue weighted by molar-refractivity contribution is 7.47. The molecule has 2 atom stereocenters. The van der Waals surface area contributed by atoms with Crippen LogP contribution in [0.3, 0.4) is 0 Å². The van der Waals surface area contributed by atoms with Gasteiger partial charge in [0.05, 0.1) is 27.7 Å². The number of likely N-dealkylation sites (N-methyl/N-ethyl adjacent to an activating group) is 1. The Bertz CT molecular complexity index is 1300. The second-order valence-electron chi connectivity index (χ2n) is 19.2. The summed E-state index contributed by atoms with van der Waals surface area (Å²) in [5, 5.41) is 0. The molecule has 0 amide bonds. The zero-order valence-corrected chi connectivity index (χ0v) is 44.3. The first-order valence-corrected chi connectivity index (χ1v) is 28.5. The minimum absolute atomic E-state index is 0.0237. The number of nitrogens with zero attached hydrogens (tertiary/aromatic N) is 1. The Hall–Kier alpha value is -2.29. The van der Waals surface area contributed by atoms with Crippen molar-refractivity contribution >= 4 is 19.8 Å². The molecular formula is C56H103NO8P+. The lowest BCUT2D eigenvalue weighted by atomic mass is 10.0. The Morgan fingerprint density at radius 2 is 0.864 bits per heavy atom. The molecule has 0 aliphatic rings. The molecule has 10 heteroatoms. The molecule has 9 nitrogen and oxygen atoms in total. The highest BCUT2D eigenvalue weighted by Crippen LogP contribution is 2.43. The van der Waals surface area contributed by atoms with Crippen LogP contribution in [0.4, 0.5) is 0 Å². The molecule has 0 rings (SSSR count). The van der Waals surface area contributed by atoms with E-state index in [2.05, 4.69) is 74.6 Å². The molecule has 0 saturated heterocycles. The maximum Gasteiger partial charge on any atom is 0.472 e. The van der Waals surface area contributed by atoms with E-state index in [1.165, 1.54) is 128 Å². The van der Waals surface area contributed by atoms with Crippen molar-refractivity contribution in [3.05, 3.63) is 60.8 Å². The Kier molecular flexibility index (Phi) is 46.1. The number of quaternary nitrogens is 1. The number of phosphoric ester groups is 1. The van der Waals surface area contributed by atoms with Crippen LogP contribution in [0.1, 0.15) is 232 Å². The molecule has 0 heterocycles. The van der Waals surface area contributed by atoms with E-state index in [0.717, 1.165) is 70.6 Å². The van der Waals surface area contributed by atoms with Crippen LogP contribution in [0.5, 0.6) is 0 Å². The summed E-state index contributed by atoms with van der Waals surface area (Å²) in [5.41, 5.74) is 0. The number of phosphoric acid groups is 1. The third-order valence-corrected chi connectivity index (χ3v) is 12.5. The summed E-state index contributed by atoms with van der Waals surface area (Å²) in [5.74, 6) is -0.830. The van der Waals surface area contributed by atoms with E-state index >= 15 is 0 Å². The predicted octanol–water partition coefficient (Wildman–Crippen LogP) is 16.4. The van der Waals surface area contributed by atoms with Gasteiger partial charge in [-0.1, -0.05) is 222 Å². The molecule has 0 aromatic rings. The lowest BCUT2D eigenvalue weighted by Gasteiger charge is -2.24. The summed E-state index contributed by atoms with van der Waals surface area (Å²) in [6, 6.07) is 0. The van der Waals surface area contributed by atoms with Crippen molar-refractivity contribution in [3.8, 4) is 0 Å². The van der Waals surface area contributed by atoms with Gasteiger partial charge in [0.2, 0.25) is 0 Å². The summed E-state index contributed by atoms with van der Waals surface area (Å²) < 4.78 is 34.5. The summed E-state index contributed by atoms with van der Waals surface area (Å²) in [4.78, 5) is 35.6. The van der Waals surface area contributed by atoms with E-state index < -0.39 is 26.5 Å². The Balaban J connectivity index is 4.24. The molecule has 1 N–H and O–H groups in total. The number of ether oxygens (including phenoxy) is 2. The Morgan fingerprint density at radius 1 is 0.485 bits per heavy atom. The molecule has 0 aliphatic carbocycles. The highest BCUT2D eigenvalue weighted by Gasteiger charge is 2.27. The van der Waals surface area contributed by atoms with E-state index in [1.807, 2.05) is 21.1 Å². The number of allylic oxidation sites excluding steroid dienone is 10. The number of hydrogen-bond donors (Lipinski definition) is 1. The van der Waals surface area contributed by atoms with E-state index in [4.69, 9.17) is 18.5 Å². The van der Waals surface area contributed by atoms with Gasteiger partial charge >= 0.3 is 19.8 Å². The van der Waals surface area contributed by atoms with E-state index in [9.17, 15) is 19.0 Å². The second-order valence-corrected chi connectivity index (χ2v) is 20.7. The molecule has 0 aromatic carbocycles. The summed E-state index contributed by atoms with van der Waals surface area (Å²) in [6.07, 6.45) is 60.0. The van der Waals surface area contributed by atoms with E-state index in [1.54, 1.807) is 0 Å². The third-order valence-electron chi connectivity index (χ3n) is 11.6. The fraction of sp³-hybridized carbons (Fsp3) is 0.786.